The number of nitrogens with zero attached hydrogens (tertiary/aromatic N) is 1. The highest BCUT2D eigenvalue weighted by Crippen LogP contribution is 2.64. The molecule has 2 heterocycles. The highest BCUT2D eigenvalue weighted by molar-refractivity contribution is 6.02. The lowest BCUT2D eigenvalue weighted by molar-refractivity contribution is -0.126. The Bertz CT molecular complexity index is 954. The van der Waals surface area contributed by atoms with Crippen molar-refractivity contribution in [2.75, 3.05) is 6.54 Å². The van der Waals surface area contributed by atoms with Crippen molar-refractivity contribution < 1.29 is 19.4 Å². The van der Waals surface area contributed by atoms with Crippen LogP contribution in [-0.4, -0.2) is 52.6 Å². The van der Waals surface area contributed by atoms with Gasteiger partial charge in [0, 0.05) is 24.0 Å². The van der Waals surface area contributed by atoms with Crippen molar-refractivity contribution in [1.29, 1.82) is 0 Å². The van der Waals surface area contributed by atoms with E-state index in [1.165, 1.54) is 11.1 Å². The topological polar surface area (TPSA) is 66.8 Å². The summed E-state index contributed by atoms with van der Waals surface area (Å²) >= 11 is 0. The van der Waals surface area contributed by atoms with Crippen LogP contribution < -0.4 is 0 Å². The Morgan fingerprint density at radius 1 is 1.24 bits per heavy atom. The minimum atomic E-state index is -0.421. The molecule has 4 aliphatic carbocycles. The zero-order valence-corrected chi connectivity index (χ0v) is 20.5. The molecule has 0 unspecified atom stereocenters. The monoisotopic (exact) mass is 453 g/mol. The summed E-state index contributed by atoms with van der Waals surface area (Å²) < 4.78 is 6.92. The van der Waals surface area contributed by atoms with Gasteiger partial charge in [0.05, 0.1) is 23.9 Å². The van der Waals surface area contributed by atoms with E-state index in [0.717, 1.165) is 63.5 Å². The Hall–Kier alpha value is -1.46. The minimum absolute atomic E-state index is 0.0422. The van der Waals surface area contributed by atoms with E-state index in [1.807, 2.05) is 4.90 Å². The second-order valence-corrected chi connectivity index (χ2v) is 12.4. The predicted octanol–water partition coefficient (Wildman–Crippen LogP) is 4.05. The SMILES string of the molecule is CC1=C2C(=O)[C@H]3[C@@H](CC=C4C[C@@H](O)CC[C@@]43C)[C@@H]2CC[C@]12O[C@@H]1C[C@H](C)CN(C=O)[C@H]1[C@H]2C. The number of carbonyl (C=O) groups is 2. The van der Waals surface area contributed by atoms with Crippen LogP contribution in [0.4, 0.5) is 0 Å². The molecule has 33 heavy (non-hydrogen) atoms. The fraction of sp³-hybridized carbons (Fsp3) is 0.786. The van der Waals surface area contributed by atoms with E-state index in [4.69, 9.17) is 4.74 Å². The summed E-state index contributed by atoms with van der Waals surface area (Å²) in [4.78, 5) is 28.1. The van der Waals surface area contributed by atoms with E-state index in [0.29, 0.717) is 23.5 Å². The largest absolute Gasteiger partial charge is 0.393 e. The van der Waals surface area contributed by atoms with Gasteiger partial charge < -0.3 is 14.7 Å². The van der Waals surface area contributed by atoms with E-state index in [9.17, 15) is 14.7 Å². The van der Waals surface area contributed by atoms with Crippen LogP contribution in [0.1, 0.15) is 72.6 Å². The Morgan fingerprint density at radius 3 is 2.79 bits per heavy atom. The molecule has 0 aromatic heterocycles. The van der Waals surface area contributed by atoms with E-state index in [1.54, 1.807) is 0 Å². The van der Waals surface area contributed by atoms with Crippen LogP contribution in [0, 0.1) is 35.0 Å². The van der Waals surface area contributed by atoms with Crippen LogP contribution >= 0.6 is 0 Å². The summed E-state index contributed by atoms with van der Waals surface area (Å²) in [6.45, 7) is 9.70. The van der Waals surface area contributed by atoms with Crippen molar-refractivity contribution >= 4 is 12.2 Å². The molecule has 1 N–H and O–H groups in total. The number of Topliss-reactive ketones (excluding diaryl/α,β-unsaturated/α-hetero) is 1. The maximum atomic E-state index is 14.2. The summed E-state index contributed by atoms with van der Waals surface area (Å²) in [6, 6.07) is 0.107. The average Bonchev–Trinajstić information content (AvgIpc) is 3.23. The average molecular weight is 454 g/mol. The molecule has 4 fully saturated rings. The summed E-state index contributed by atoms with van der Waals surface area (Å²) in [5.74, 6) is 1.74. The second-order valence-electron chi connectivity index (χ2n) is 12.4. The second kappa shape index (κ2) is 7.27. The van der Waals surface area contributed by atoms with Gasteiger partial charge in [0.2, 0.25) is 6.41 Å². The van der Waals surface area contributed by atoms with Gasteiger partial charge in [-0.3, -0.25) is 9.59 Å². The number of rotatable bonds is 1. The van der Waals surface area contributed by atoms with Crippen LogP contribution in [0.25, 0.3) is 0 Å². The molecule has 5 heteroatoms. The standard InChI is InChI=1S/C28H39NO4/c1-15-11-22-25(29(13-15)14-30)17(3)28(33-22)10-8-20-21-6-5-18-12-19(31)7-9-27(18,4)24(21)26(32)23(20)16(28)2/h5,14-15,17,19-22,24-25,31H,6-13H2,1-4H3/t15-,17+,19-,20-,21-,22+,24+,25-,27-,28-/m0/s1. The predicted molar refractivity (Wildman–Crippen MR) is 125 cm³/mol. The number of hydrogen-bond donors (Lipinski definition) is 1. The number of piperidine rings is 1. The maximum absolute atomic E-state index is 14.2. The zero-order valence-electron chi connectivity index (χ0n) is 20.5. The van der Waals surface area contributed by atoms with Crippen LogP contribution in [0.15, 0.2) is 22.8 Å². The smallest absolute Gasteiger partial charge is 0.210 e. The van der Waals surface area contributed by atoms with Crippen molar-refractivity contribution in [3.63, 3.8) is 0 Å². The van der Waals surface area contributed by atoms with Gasteiger partial charge in [-0.05, 0) is 80.6 Å². The molecule has 2 saturated heterocycles. The molecule has 0 bridgehead atoms. The lowest BCUT2D eigenvalue weighted by atomic mass is 9.56. The number of likely N-dealkylation sites (tertiary alicyclic amines) is 1. The molecule has 0 aromatic rings. The third-order valence-corrected chi connectivity index (χ3v) is 10.9. The zero-order chi connectivity index (χ0) is 23.3. The molecule has 6 rings (SSSR count). The van der Waals surface area contributed by atoms with Crippen molar-refractivity contribution in [3.8, 4) is 0 Å². The van der Waals surface area contributed by atoms with Gasteiger partial charge in [-0.1, -0.05) is 32.4 Å². The Balaban J connectivity index is 1.39. The molecule has 1 spiro atoms. The molecule has 0 radical (unpaired) electrons. The molecule has 1 amide bonds. The number of hydrogen-bond acceptors (Lipinski definition) is 4. The Kier molecular flexibility index (Phi) is 4.85. The van der Waals surface area contributed by atoms with E-state index in [-0.39, 0.29) is 35.5 Å². The van der Waals surface area contributed by atoms with Gasteiger partial charge in [0.15, 0.2) is 5.78 Å². The van der Waals surface area contributed by atoms with Gasteiger partial charge in [0.1, 0.15) is 0 Å². The van der Waals surface area contributed by atoms with E-state index in [2.05, 4.69) is 33.8 Å². The highest BCUT2D eigenvalue weighted by Gasteiger charge is 2.64. The Morgan fingerprint density at radius 2 is 2.03 bits per heavy atom. The molecule has 2 aliphatic heterocycles. The number of aliphatic hydroxyl groups is 1. The maximum Gasteiger partial charge on any atom is 0.210 e. The van der Waals surface area contributed by atoms with Crippen molar-refractivity contribution in [2.45, 2.75) is 96.5 Å². The molecular weight excluding hydrogens is 414 g/mol. The molecule has 5 nitrogen and oxygen atoms in total. The third-order valence-electron chi connectivity index (χ3n) is 10.9. The summed E-state index contributed by atoms with van der Waals surface area (Å²) in [5, 5.41) is 10.3. The number of ketones is 1. The number of ether oxygens (including phenoxy) is 1. The normalized spacial score (nSPS) is 51.1. The first-order chi connectivity index (χ1) is 15.7. The molecule has 180 valence electrons. The lowest BCUT2D eigenvalue weighted by Crippen LogP contribution is -2.51. The van der Waals surface area contributed by atoms with Crippen LogP contribution in [0.3, 0.4) is 0 Å². The van der Waals surface area contributed by atoms with E-state index < -0.39 is 5.60 Å². The summed E-state index contributed by atoms with van der Waals surface area (Å²) in [7, 11) is 0. The number of aliphatic hydroxyl groups excluding tert-OH is 1. The first kappa shape index (κ1) is 22.0. The van der Waals surface area contributed by atoms with Crippen molar-refractivity contribution in [1.82, 2.24) is 4.90 Å². The lowest BCUT2D eigenvalue weighted by Gasteiger charge is -2.48. The number of amides is 1. The van der Waals surface area contributed by atoms with Gasteiger partial charge in [-0.2, -0.15) is 0 Å². The third kappa shape index (κ3) is 2.78. The summed E-state index contributed by atoms with van der Waals surface area (Å²) in [5.41, 5.74) is 3.01. The quantitative estimate of drug-likeness (QED) is 0.481. The minimum Gasteiger partial charge on any atom is -0.393 e. The Labute approximate surface area is 197 Å². The number of fused-ring (bicyclic) bond motifs is 6. The fourth-order valence-electron chi connectivity index (χ4n) is 9.34. The van der Waals surface area contributed by atoms with Crippen LogP contribution in [0.5, 0.6) is 0 Å². The first-order valence-electron chi connectivity index (χ1n) is 13.2. The highest BCUT2D eigenvalue weighted by atomic mass is 16.5. The fourth-order valence-corrected chi connectivity index (χ4v) is 9.34. The van der Waals surface area contributed by atoms with E-state index >= 15 is 0 Å². The first-order valence-corrected chi connectivity index (χ1v) is 13.2. The van der Waals surface area contributed by atoms with Crippen molar-refractivity contribution in [2.24, 2.45) is 35.0 Å². The van der Waals surface area contributed by atoms with Gasteiger partial charge in [-0.25, -0.2) is 0 Å². The molecule has 10 atom stereocenters. The van der Waals surface area contributed by atoms with Crippen LogP contribution in [0.2, 0.25) is 0 Å². The number of allylic oxidation sites excluding steroid dienone is 2. The summed E-state index contributed by atoms with van der Waals surface area (Å²) in [6.07, 6.45) is 9.50. The molecule has 0 aromatic carbocycles. The number of carbonyl (C=O) groups excluding carboxylic acids is 2. The molecule has 6 aliphatic rings. The molecular formula is C28H39NO4. The van der Waals surface area contributed by atoms with Crippen molar-refractivity contribution in [3.05, 3.63) is 22.8 Å². The van der Waals surface area contributed by atoms with Gasteiger partial charge in [-0.15, -0.1) is 0 Å². The van der Waals surface area contributed by atoms with Gasteiger partial charge in [0.25, 0.3) is 0 Å². The van der Waals surface area contributed by atoms with Crippen LogP contribution in [-0.2, 0) is 14.3 Å². The molecule has 2 saturated carbocycles. The van der Waals surface area contributed by atoms with Gasteiger partial charge >= 0.3 is 0 Å².